The molecule has 5 aromatic carbocycles. The van der Waals surface area contributed by atoms with Crippen molar-refractivity contribution in [1.29, 1.82) is 10.5 Å². The molecule has 0 N–H and O–H groups in total. The van der Waals surface area contributed by atoms with Crippen LogP contribution in [0.4, 0.5) is 11.4 Å². The first-order valence-electron chi connectivity index (χ1n) is 16.3. The second-order valence-corrected chi connectivity index (χ2v) is 12.5. The SMILES string of the molecule is N#Cc1cc(-c2cc(N3c4ccccc4C4C=CCCC43)ccn2)cc(-c2cccc(C#N)c2-n2c3ccccc3c3ccccc32)c1. The van der Waals surface area contributed by atoms with Crippen molar-refractivity contribution >= 4 is 33.2 Å². The van der Waals surface area contributed by atoms with Crippen LogP contribution in [0.5, 0.6) is 0 Å². The third-order valence-electron chi connectivity index (χ3n) is 9.92. The molecule has 5 nitrogen and oxygen atoms in total. The molecule has 0 amide bonds. The Labute approximate surface area is 278 Å². The highest BCUT2D eigenvalue weighted by atomic mass is 15.2. The van der Waals surface area contributed by atoms with Crippen LogP contribution in [-0.4, -0.2) is 15.6 Å². The first-order chi connectivity index (χ1) is 23.7. The van der Waals surface area contributed by atoms with Gasteiger partial charge in [-0.1, -0.05) is 78.9 Å². The van der Waals surface area contributed by atoms with E-state index in [4.69, 9.17) is 4.98 Å². The molecule has 1 aliphatic heterocycles. The number of nitrogens with zero attached hydrogens (tertiary/aromatic N) is 5. The molecule has 3 heterocycles. The molecule has 5 heteroatoms. The van der Waals surface area contributed by atoms with Crippen molar-refractivity contribution < 1.29 is 0 Å². The normalized spacial score (nSPS) is 16.4. The van der Waals surface area contributed by atoms with Gasteiger partial charge in [-0.2, -0.15) is 10.5 Å². The van der Waals surface area contributed by atoms with Gasteiger partial charge in [0.2, 0.25) is 0 Å². The van der Waals surface area contributed by atoms with Crippen LogP contribution in [0.1, 0.15) is 35.4 Å². The highest BCUT2D eigenvalue weighted by Crippen LogP contribution is 2.49. The Kier molecular flexibility index (Phi) is 6.45. The van der Waals surface area contributed by atoms with Crippen LogP contribution in [0.3, 0.4) is 0 Å². The van der Waals surface area contributed by atoms with E-state index >= 15 is 0 Å². The highest BCUT2D eigenvalue weighted by molar-refractivity contribution is 6.10. The van der Waals surface area contributed by atoms with E-state index in [1.807, 2.05) is 60.8 Å². The van der Waals surface area contributed by atoms with Gasteiger partial charge >= 0.3 is 0 Å². The first-order valence-corrected chi connectivity index (χ1v) is 16.3. The predicted molar refractivity (Wildman–Crippen MR) is 192 cm³/mol. The number of rotatable bonds is 4. The summed E-state index contributed by atoms with van der Waals surface area (Å²) in [5.74, 6) is 0.367. The maximum absolute atomic E-state index is 10.4. The minimum absolute atomic E-state index is 0.353. The van der Waals surface area contributed by atoms with Crippen LogP contribution in [0.2, 0.25) is 0 Å². The predicted octanol–water partition coefficient (Wildman–Crippen LogP) is 10.2. The summed E-state index contributed by atoms with van der Waals surface area (Å²) in [6.07, 6.45) is 8.69. The van der Waals surface area contributed by atoms with Crippen molar-refractivity contribution in [3.05, 3.63) is 156 Å². The molecule has 0 saturated carbocycles. The molecule has 9 rings (SSSR count). The summed E-state index contributed by atoms with van der Waals surface area (Å²) >= 11 is 0. The van der Waals surface area contributed by atoms with E-state index in [9.17, 15) is 10.5 Å². The summed E-state index contributed by atoms with van der Waals surface area (Å²) in [7, 11) is 0. The van der Waals surface area contributed by atoms with Crippen molar-refractivity contribution in [3.63, 3.8) is 0 Å². The summed E-state index contributed by atoms with van der Waals surface area (Å²) in [4.78, 5) is 7.30. The van der Waals surface area contributed by atoms with Gasteiger partial charge < -0.3 is 9.47 Å². The lowest BCUT2D eigenvalue weighted by Crippen LogP contribution is -2.30. The molecule has 2 atom stereocenters. The van der Waals surface area contributed by atoms with Gasteiger partial charge in [-0.3, -0.25) is 4.98 Å². The number of anilines is 2. The number of benzene rings is 5. The Morgan fingerprint density at radius 3 is 2.25 bits per heavy atom. The van der Waals surface area contributed by atoms with E-state index in [1.165, 1.54) is 11.3 Å². The van der Waals surface area contributed by atoms with Crippen LogP contribution in [0.15, 0.2) is 140 Å². The first kappa shape index (κ1) is 27.8. The van der Waals surface area contributed by atoms with Gasteiger partial charge in [-0.15, -0.1) is 0 Å². The standard InChI is InChI=1S/C43H29N5/c44-26-28-22-30(33-15-9-10-29(27-45)43(33)48-41-18-7-3-13-36(41)37-14-4-8-19-42(37)48)24-31(23-28)38-25-32(20-21-46-38)47-39-16-5-1-11-34(39)35-12-2-6-17-40(35)47/h1-5,7-16,18-25,35,40H,6,17H2. The second-order valence-electron chi connectivity index (χ2n) is 12.5. The van der Waals surface area contributed by atoms with Gasteiger partial charge in [-0.25, -0.2) is 0 Å². The Morgan fingerprint density at radius 1 is 0.708 bits per heavy atom. The van der Waals surface area contributed by atoms with Crippen molar-refractivity contribution in [2.45, 2.75) is 24.8 Å². The summed E-state index contributed by atoms with van der Waals surface area (Å²) < 4.78 is 2.19. The van der Waals surface area contributed by atoms with Gasteiger partial charge in [0.05, 0.1) is 39.6 Å². The molecule has 0 spiro atoms. The van der Waals surface area contributed by atoms with Crippen LogP contribution >= 0.6 is 0 Å². The Balaban J connectivity index is 1.22. The fourth-order valence-electron chi connectivity index (χ4n) is 7.91. The molecule has 0 bridgehead atoms. The molecule has 2 aromatic heterocycles. The number of fused-ring (bicyclic) bond motifs is 6. The van der Waals surface area contributed by atoms with E-state index in [2.05, 4.69) is 100 Å². The van der Waals surface area contributed by atoms with Crippen LogP contribution in [0.25, 0.3) is 49.9 Å². The van der Waals surface area contributed by atoms with E-state index in [1.54, 1.807) is 0 Å². The smallest absolute Gasteiger partial charge is 0.101 e. The lowest BCUT2D eigenvalue weighted by atomic mass is 9.87. The van der Waals surface area contributed by atoms with Crippen LogP contribution in [-0.2, 0) is 0 Å². The zero-order valence-electron chi connectivity index (χ0n) is 26.1. The minimum Gasteiger partial charge on any atom is -0.337 e. The number of nitriles is 2. The molecule has 7 aromatic rings. The van der Waals surface area contributed by atoms with Gasteiger partial charge in [0.1, 0.15) is 6.07 Å². The monoisotopic (exact) mass is 615 g/mol. The van der Waals surface area contributed by atoms with Gasteiger partial charge in [0.15, 0.2) is 0 Å². The van der Waals surface area contributed by atoms with Crippen molar-refractivity contribution in [3.8, 4) is 40.2 Å². The van der Waals surface area contributed by atoms with Crippen LogP contribution < -0.4 is 4.90 Å². The molecule has 0 saturated heterocycles. The van der Waals surface area contributed by atoms with E-state index in [-0.39, 0.29) is 0 Å². The molecule has 2 aliphatic rings. The largest absolute Gasteiger partial charge is 0.337 e. The second kappa shape index (κ2) is 11.1. The van der Waals surface area contributed by atoms with E-state index in [0.717, 1.165) is 68.4 Å². The molecule has 0 radical (unpaired) electrons. The fourth-order valence-corrected chi connectivity index (χ4v) is 7.91. The van der Waals surface area contributed by atoms with Crippen molar-refractivity contribution in [2.75, 3.05) is 4.90 Å². The third kappa shape index (κ3) is 4.26. The number of allylic oxidation sites excluding steroid dienone is 1. The Morgan fingerprint density at radius 2 is 1.46 bits per heavy atom. The maximum atomic E-state index is 10.4. The lowest BCUT2D eigenvalue weighted by Gasteiger charge is -2.31. The lowest BCUT2D eigenvalue weighted by molar-refractivity contribution is 0.565. The molecule has 2 unspecified atom stereocenters. The summed E-state index contributed by atoms with van der Waals surface area (Å²) in [6, 6.07) is 46.5. The quantitative estimate of drug-likeness (QED) is 0.185. The molecule has 226 valence electrons. The molecular weight excluding hydrogens is 587 g/mol. The van der Waals surface area contributed by atoms with Gasteiger partial charge in [0.25, 0.3) is 0 Å². The third-order valence-corrected chi connectivity index (χ3v) is 9.92. The number of para-hydroxylation sites is 4. The number of hydrogen-bond acceptors (Lipinski definition) is 4. The van der Waals surface area contributed by atoms with Crippen LogP contribution in [0, 0.1) is 22.7 Å². The topological polar surface area (TPSA) is 68.6 Å². The van der Waals surface area contributed by atoms with E-state index < -0.39 is 0 Å². The maximum Gasteiger partial charge on any atom is 0.101 e. The van der Waals surface area contributed by atoms with Gasteiger partial charge in [-0.05, 0) is 78.6 Å². The number of aromatic nitrogens is 2. The average Bonchev–Trinajstić information content (AvgIpc) is 3.67. The zero-order valence-corrected chi connectivity index (χ0v) is 26.1. The summed E-state index contributed by atoms with van der Waals surface area (Å²) in [5, 5.41) is 22.9. The van der Waals surface area contributed by atoms with E-state index in [0.29, 0.717) is 23.1 Å². The Bertz CT molecular complexity index is 2470. The zero-order chi connectivity index (χ0) is 32.2. The minimum atomic E-state index is 0.353. The highest BCUT2D eigenvalue weighted by Gasteiger charge is 2.38. The van der Waals surface area contributed by atoms with Crippen molar-refractivity contribution in [2.24, 2.45) is 0 Å². The molecule has 48 heavy (non-hydrogen) atoms. The molecular formula is C43H29N5. The van der Waals surface area contributed by atoms with Crippen molar-refractivity contribution in [1.82, 2.24) is 9.55 Å². The number of hydrogen-bond donors (Lipinski definition) is 0. The summed E-state index contributed by atoms with van der Waals surface area (Å²) in [6.45, 7) is 0. The number of pyridine rings is 1. The summed E-state index contributed by atoms with van der Waals surface area (Å²) in [5.41, 5.74) is 11.0. The fraction of sp³-hybridized carbons (Fsp3) is 0.0930. The molecule has 1 aliphatic carbocycles. The average molecular weight is 616 g/mol. The Hall–Kier alpha value is -6.43. The molecule has 0 fully saturated rings. The van der Waals surface area contributed by atoms with Gasteiger partial charge in [0, 0.05) is 51.4 Å².